The van der Waals surface area contributed by atoms with E-state index in [4.69, 9.17) is 11.6 Å². The molecular formula is C14H19ClN2O2. The van der Waals surface area contributed by atoms with Gasteiger partial charge < -0.3 is 9.88 Å². The average Bonchev–Trinajstić information content (AvgIpc) is 2.41. The van der Waals surface area contributed by atoms with Gasteiger partial charge in [0.1, 0.15) is 0 Å². The molecule has 1 aliphatic carbocycles. The van der Waals surface area contributed by atoms with E-state index in [1.54, 1.807) is 16.8 Å². The number of halogens is 1. The highest BCUT2D eigenvalue weighted by Crippen LogP contribution is 2.28. The molecule has 104 valence electrons. The van der Waals surface area contributed by atoms with E-state index in [0.29, 0.717) is 12.2 Å². The number of anilines is 1. The Balaban J connectivity index is 2.04. The summed E-state index contributed by atoms with van der Waals surface area (Å²) in [5.41, 5.74) is 0.613. The molecule has 1 fully saturated rings. The maximum atomic E-state index is 12.1. The summed E-state index contributed by atoms with van der Waals surface area (Å²) in [6, 6.07) is 3.12. The lowest BCUT2D eigenvalue weighted by Gasteiger charge is -2.24. The molecule has 5 heteroatoms. The Bertz CT molecular complexity index is 512. The molecule has 0 saturated heterocycles. The van der Waals surface area contributed by atoms with Crippen LogP contribution < -0.4 is 10.9 Å². The number of aromatic nitrogens is 1. The van der Waals surface area contributed by atoms with Crippen molar-refractivity contribution in [3.05, 3.63) is 28.7 Å². The summed E-state index contributed by atoms with van der Waals surface area (Å²) in [6.07, 6.45) is 5.30. The minimum Gasteiger partial charge on any atom is -0.325 e. The lowest BCUT2D eigenvalue weighted by atomic mass is 9.88. The lowest BCUT2D eigenvalue weighted by Crippen LogP contribution is -2.29. The van der Waals surface area contributed by atoms with Gasteiger partial charge in [-0.15, -0.1) is 11.6 Å². The number of pyridine rings is 1. The number of hydrogen-bond acceptors (Lipinski definition) is 2. The monoisotopic (exact) mass is 282 g/mol. The Labute approximate surface area is 117 Å². The van der Waals surface area contributed by atoms with Crippen LogP contribution in [0.5, 0.6) is 0 Å². The van der Waals surface area contributed by atoms with Gasteiger partial charge in [-0.1, -0.05) is 6.42 Å². The predicted molar refractivity (Wildman–Crippen MR) is 76.6 cm³/mol. The highest BCUT2D eigenvalue weighted by molar-refractivity contribution is 6.20. The van der Waals surface area contributed by atoms with Crippen molar-refractivity contribution in [1.82, 2.24) is 4.57 Å². The Morgan fingerprint density at radius 3 is 2.95 bits per heavy atom. The van der Waals surface area contributed by atoms with Crippen molar-refractivity contribution in [2.75, 3.05) is 5.32 Å². The van der Waals surface area contributed by atoms with Crippen molar-refractivity contribution < 1.29 is 4.79 Å². The summed E-state index contributed by atoms with van der Waals surface area (Å²) >= 11 is 6.10. The third-order valence-corrected chi connectivity index (χ3v) is 3.97. The number of nitrogens with one attached hydrogen (secondary N) is 1. The predicted octanol–water partition coefficient (Wildman–Crippen LogP) is 2.60. The van der Waals surface area contributed by atoms with Crippen LogP contribution in [0.25, 0.3) is 0 Å². The van der Waals surface area contributed by atoms with E-state index >= 15 is 0 Å². The topological polar surface area (TPSA) is 51.1 Å². The number of nitrogens with zero attached hydrogens (tertiary/aromatic N) is 1. The van der Waals surface area contributed by atoms with Gasteiger partial charge >= 0.3 is 0 Å². The summed E-state index contributed by atoms with van der Waals surface area (Å²) in [4.78, 5) is 23.6. The minimum atomic E-state index is -0.0565. The molecule has 0 radical (unpaired) electrons. The van der Waals surface area contributed by atoms with Crippen LogP contribution in [0.3, 0.4) is 0 Å². The highest BCUT2D eigenvalue weighted by Gasteiger charge is 2.26. The van der Waals surface area contributed by atoms with E-state index < -0.39 is 0 Å². The Morgan fingerprint density at radius 1 is 1.47 bits per heavy atom. The van der Waals surface area contributed by atoms with Gasteiger partial charge in [0.15, 0.2) is 0 Å². The number of carbonyl (C=O) groups is 1. The van der Waals surface area contributed by atoms with Gasteiger partial charge in [-0.2, -0.15) is 0 Å². The molecule has 1 saturated carbocycles. The molecular weight excluding hydrogens is 264 g/mol. The summed E-state index contributed by atoms with van der Waals surface area (Å²) in [6.45, 7) is 2.49. The molecule has 0 spiro atoms. The normalized spacial score (nSPS) is 23.1. The molecule has 2 unspecified atom stereocenters. The number of amides is 1. The zero-order valence-electron chi connectivity index (χ0n) is 11.1. The number of carbonyl (C=O) groups excluding carboxylic acids is 1. The van der Waals surface area contributed by atoms with E-state index in [2.05, 4.69) is 5.32 Å². The fourth-order valence-corrected chi connectivity index (χ4v) is 2.83. The maximum absolute atomic E-state index is 12.1. The lowest BCUT2D eigenvalue weighted by molar-refractivity contribution is -0.120. The van der Waals surface area contributed by atoms with Gasteiger partial charge in [-0.3, -0.25) is 9.59 Å². The quantitative estimate of drug-likeness (QED) is 0.867. The van der Waals surface area contributed by atoms with Gasteiger partial charge in [-0.25, -0.2) is 0 Å². The van der Waals surface area contributed by atoms with Crippen molar-refractivity contribution in [2.45, 2.75) is 44.5 Å². The first kappa shape index (κ1) is 14.1. The molecule has 19 heavy (non-hydrogen) atoms. The van der Waals surface area contributed by atoms with Gasteiger partial charge in [0.05, 0.1) is 5.69 Å². The van der Waals surface area contributed by atoms with Crippen molar-refractivity contribution in [3.63, 3.8) is 0 Å². The fraction of sp³-hybridized carbons (Fsp3) is 0.571. The van der Waals surface area contributed by atoms with Crippen LogP contribution in [-0.4, -0.2) is 15.9 Å². The van der Waals surface area contributed by atoms with Crippen molar-refractivity contribution in [3.8, 4) is 0 Å². The smallest absolute Gasteiger partial charge is 0.250 e. The molecule has 4 nitrogen and oxygen atoms in total. The number of aryl methyl sites for hydroxylation is 1. The van der Waals surface area contributed by atoms with E-state index in [9.17, 15) is 9.59 Å². The second-order valence-corrected chi connectivity index (χ2v) is 5.61. The second-order valence-electron chi connectivity index (χ2n) is 4.99. The molecule has 0 aliphatic heterocycles. The van der Waals surface area contributed by atoms with Gasteiger partial charge in [0.2, 0.25) is 5.91 Å². The molecule has 1 aliphatic rings. The SMILES string of the molecule is CCn1cc(NC(=O)C2CCCC(Cl)C2)ccc1=O. The first-order valence-electron chi connectivity index (χ1n) is 6.75. The summed E-state index contributed by atoms with van der Waals surface area (Å²) in [5.74, 6) is -0.00935. The largest absolute Gasteiger partial charge is 0.325 e. The fourth-order valence-electron chi connectivity index (χ4n) is 2.47. The molecule has 1 aromatic heterocycles. The van der Waals surface area contributed by atoms with Crippen LogP contribution in [-0.2, 0) is 11.3 Å². The van der Waals surface area contributed by atoms with Crippen molar-refractivity contribution in [2.24, 2.45) is 5.92 Å². The van der Waals surface area contributed by atoms with Crippen molar-refractivity contribution in [1.29, 1.82) is 0 Å². The second kappa shape index (κ2) is 6.24. The molecule has 2 atom stereocenters. The van der Waals surface area contributed by atoms with E-state index in [0.717, 1.165) is 25.7 Å². The zero-order valence-corrected chi connectivity index (χ0v) is 11.8. The molecule has 1 aromatic rings. The third-order valence-electron chi connectivity index (χ3n) is 3.57. The molecule has 1 heterocycles. The van der Waals surface area contributed by atoms with E-state index in [1.807, 2.05) is 6.92 Å². The van der Waals surface area contributed by atoms with Gasteiger partial charge in [0.25, 0.3) is 5.56 Å². The molecule has 1 amide bonds. The Morgan fingerprint density at radius 2 is 2.26 bits per heavy atom. The van der Waals surface area contributed by atoms with Crippen LogP contribution in [0.15, 0.2) is 23.1 Å². The standard InChI is InChI=1S/C14H19ClN2O2/c1-2-17-9-12(6-7-13(17)18)16-14(19)10-4-3-5-11(15)8-10/h6-7,9-11H,2-5,8H2,1H3,(H,16,19). The zero-order chi connectivity index (χ0) is 13.8. The Kier molecular flexibility index (Phi) is 4.64. The van der Waals surface area contributed by atoms with Gasteiger partial charge in [-0.05, 0) is 32.3 Å². The first-order chi connectivity index (χ1) is 9.10. The number of alkyl halides is 1. The first-order valence-corrected chi connectivity index (χ1v) is 7.19. The summed E-state index contributed by atoms with van der Waals surface area (Å²) in [7, 11) is 0. The highest BCUT2D eigenvalue weighted by atomic mass is 35.5. The van der Waals surface area contributed by atoms with Crippen LogP contribution in [0.1, 0.15) is 32.6 Å². The van der Waals surface area contributed by atoms with Crippen molar-refractivity contribution >= 4 is 23.2 Å². The summed E-state index contributed by atoms with van der Waals surface area (Å²) in [5, 5.41) is 2.98. The van der Waals surface area contributed by atoms with E-state index in [1.165, 1.54) is 6.07 Å². The molecule has 0 aromatic carbocycles. The average molecular weight is 283 g/mol. The number of hydrogen-bond donors (Lipinski definition) is 1. The third kappa shape index (κ3) is 3.60. The van der Waals surface area contributed by atoms with Crippen LogP contribution >= 0.6 is 11.6 Å². The van der Waals surface area contributed by atoms with Crippen LogP contribution in [0.4, 0.5) is 5.69 Å². The van der Waals surface area contributed by atoms with Gasteiger partial charge in [0, 0.05) is 30.1 Å². The minimum absolute atomic E-state index is 0.00616. The van der Waals surface area contributed by atoms with Crippen LogP contribution in [0.2, 0.25) is 0 Å². The Hall–Kier alpha value is -1.29. The number of rotatable bonds is 3. The van der Waals surface area contributed by atoms with Crippen LogP contribution in [0, 0.1) is 5.92 Å². The van der Waals surface area contributed by atoms with E-state index in [-0.39, 0.29) is 22.8 Å². The maximum Gasteiger partial charge on any atom is 0.250 e. The summed E-state index contributed by atoms with van der Waals surface area (Å²) < 4.78 is 1.57. The molecule has 2 rings (SSSR count). The molecule has 1 N–H and O–H groups in total. The molecule has 0 bridgehead atoms.